The van der Waals surface area contributed by atoms with Gasteiger partial charge in [0.15, 0.2) is 0 Å². The monoisotopic (exact) mass is 228 g/mol. The van der Waals surface area contributed by atoms with Crippen molar-refractivity contribution in [3.63, 3.8) is 0 Å². The molecule has 0 aromatic carbocycles. The number of likely N-dealkylation sites (N-methyl/N-ethyl adjacent to an activating group) is 1. The molecule has 0 saturated carbocycles. The molecule has 2 rings (SSSR count). The van der Waals surface area contributed by atoms with Crippen LogP contribution in [0.1, 0.15) is 19.3 Å². The lowest BCUT2D eigenvalue weighted by Gasteiger charge is -2.39. The Labute approximate surface area is 98.2 Å². The number of ether oxygens (including phenoxy) is 1. The summed E-state index contributed by atoms with van der Waals surface area (Å²) >= 11 is 0. The number of nitrogens with zero attached hydrogens (tertiary/aromatic N) is 2. The maximum Gasteiger partial charge on any atom is 0.0829 e. The predicted octanol–water partition coefficient (Wildman–Crippen LogP) is 0.164. The summed E-state index contributed by atoms with van der Waals surface area (Å²) in [5.74, 6) is 0. The number of likely N-dealkylation sites (tertiary alicyclic amines) is 1. The van der Waals surface area contributed by atoms with E-state index in [2.05, 4.69) is 16.8 Å². The fraction of sp³-hybridized carbons (Fsp3) is 1.00. The van der Waals surface area contributed by atoms with E-state index in [1.54, 1.807) is 0 Å². The lowest BCUT2D eigenvalue weighted by molar-refractivity contribution is -0.0493. The van der Waals surface area contributed by atoms with Gasteiger partial charge in [0, 0.05) is 25.7 Å². The Morgan fingerprint density at radius 2 is 2.19 bits per heavy atom. The minimum Gasteiger partial charge on any atom is -0.395 e. The molecule has 94 valence electrons. The average Bonchev–Trinajstić information content (AvgIpc) is 2.30. The molecule has 0 aromatic heterocycles. The number of hydrogen-bond acceptors (Lipinski definition) is 4. The van der Waals surface area contributed by atoms with Crippen LogP contribution in [-0.4, -0.2) is 73.5 Å². The molecule has 2 unspecified atom stereocenters. The Balaban J connectivity index is 1.82. The largest absolute Gasteiger partial charge is 0.395 e. The van der Waals surface area contributed by atoms with Gasteiger partial charge in [-0.15, -0.1) is 0 Å². The summed E-state index contributed by atoms with van der Waals surface area (Å²) in [5, 5.41) is 9.35. The van der Waals surface area contributed by atoms with Crippen LogP contribution in [0.15, 0.2) is 0 Å². The third-order valence-corrected chi connectivity index (χ3v) is 3.74. The Hall–Kier alpha value is -0.160. The fourth-order valence-corrected chi connectivity index (χ4v) is 2.75. The second-order valence-corrected chi connectivity index (χ2v) is 5.08. The summed E-state index contributed by atoms with van der Waals surface area (Å²) in [4.78, 5) is 4.74. The molecule has 0 bridgehead atoms. The number of aliphatic hydroxyl groups excluding tert-OH is 1. The minimum atomic E-state index is 0.294. The van der Waals surface area contributed by atoms with Gasteiger partial charge in [0.05, 0.1) is 19.3 Å². The van der Waals surface area contributed by atoms with Crippen LogP contribution < -0.4 is 0 Å². The molecule has 4 heteroatoms. The molecule has 0 aliphatic carbocycles. The van der Waals surface area contributed by atoms with Gasteiger partial charge in [-0.1, -0.05) is 6.42 Å². The van der Waals surface area contributed by atoms with Crippen molar-refractivity contribution in [1.82, 2.24) is 9.80 Å². The van der Waals surface area contributed by atoms with Gasteiger partial charge in [-0.2, -0.15) is 0 Å². The highest BCUT2D eigenvalue weighted by molar-refractivity contribution is 4.80. The quantitative estimate of drug-likeness (QED) is 0.747. The summed E-state index contributed by atoms with van der Waals surface area (Å²) in [6.45, 7) is 5.31. The van der Waals surface area contributed by atoms with E-state index in [1.165, 1.54) is 12.8 Å². The van der Waals surface area contributed by atoms with Crippen LogP contribution in [0.5, 0.6) is 0 Å². The highest BCUT2D eigenvalue weighted by Crippen LogP contribution is 2.18. The van der Waals surface area contributed by atoms with Crippen LogP contribution >= 0.6 is 0 Å². The van der Waals surface area contributed by atoms with Crippen molar-refractivity contribution in [2.24, 2.45) is 0 Å². The van der Waals surface area contributed by atoms with E-state index in [1.807, 2.05) is 0 Å². The molecule has 2 heterocycles. The first-order valence-corrected chi connectivity index (χ1v) is 6.44. The van der Waals surface area contributed by atoms with Crippen LogP contribution in [0, 0.1) is 0 Å². The molecule has 0 radical (unpaired) electrons. The molecule has 2 aliphatic heterocycles. The van der Waals surface area contributed by atoms with Crippen LogP contribution in [0.4, 0.5) is 0 Å². The molecule has 1 N–H and O–H groups in total. The lowest BCUT2D eigenvalue weighted by Crippen LogP contribution is -2.50. The van der Waals surface area contributed by atoms with Crippen molar-refractivity contribution in [3.05, 3.63) is 0 Å². The van der Waals surface area contributed by atoms with Crippen LogP contribution in [0.2, 0.25) is 0 Å². The van der Waals surface area contributed by atoms with Gasteiger partial charge in [0.1, 0.15) is 0 Å². The van der Waals surface area contributed by atoms with Gasteiger partial charge in [-0.3, -0.25) is 4.90 Å². The van der Waals surface area contributed by atoms with E-state index in [0.717, 1.165) is 39.2 Å². The molecule has 2 saturated heterocycles. The summed E-state index contributed by atoms with van der Waals surface area (Å²) in [7, 11) is 2.15. The molecule has 0 spiro atoms. The van der Waals surface area contributed by atoms with Crippen LogP contribution in [0.25, 0.3) is 0 Å². The summed E-state index contributed by atoms with van der Waals surface area (Å²) in [6, 6.07) is 0.365. The Morgan fingerprint density at radius 1 is 1.31 bits per heavy atom. The van der Waals surface area contributed by atoms with Crippen LogP contribution in [0.3, 0.4) is 0 Å². The predicted molar refractivity (Wildman–Crippen MR) is 63.5 cm³/mol. The van der Waals surface area contributed by atoms with Gasteiger partial charge in [0.25, 0.3) is 0 Å². The standard InChI is InChI=1S/C12H24N2O2/c1-13-6-7-16-12(8-13)9-14-5-3-2-4-11(14)10-15/h11-12,15H,2-10H2,1H3. The van der Waals surface area contributed by atoms with E-state index in [-0.39, 0.29) is 0 Å². The van der Waals surface area contributed by atoms with Crippen molar-refractivity contribution in [1.29, 1.82) is 0 Å². The Kier molecular flexibility index (Phi) is 4.58. The molecule has 2 fully saturated rings. The number of hydrogen-bond donors (Lipinski definition) is 1. The van der Waals surface area contributed by atoms with Crippen molar-refractivity contribution >= 4 is 0 Å². The van der Waals surface area contributed by atoms with Crippen molar-refractivity contribution in [2.75, 3.05) is 46.4 Å². The zero-order valence-corrected chi connectivity index (χ0v) is 10.3. The molecule has 4 nitrogen and oxygen atoms in total. The number of piperidine rings is 1. The van der Waals surface area contributed by atoms with Gasteiger partial charge in [0.2, 0.25) is 0 Å². The van der Waals surface area contributed by atoms with E-state index in [9.17, 15) is 5.11 Å². The third-order valence-electron chi connectivity index (χ3n) is 3.74. The van der Waals surface area contributed by atoms with Crippen molar-refractivity contribution in [3.8, 4) is 0 Å². The maximum atomic E-state index is 9.35. The second-order valence-electron chi connectivity index (χ2n) is 5.08. The van der Waals surface area contributed by atoms with Crippen molar-refractivity contribution < 1.29 is 9.84 Å². The molecule has 16 heavy (non-hydrogen) atoms. The van der Waals surface area contributed by atoms with Gasteiger partial charge < -0.3 is 14.7 Å². The zero-order chi connectivity index (χ0) is 11.4. The highest BCUT2D eigenvalue weighted by Gasteiger charge is 2.26. The summed E-state index contributed by atoms with van der Waals surface area (Å²) in [6.07, 6.45) is 3.98. The fourth-order valence-electron chi connectivity index (χ4n) is 2.75. The minimum absolute atomic E-state index is 0.294. The molecular formula is C12H24N2O2. The first kappa shape index (κ1) is 12.3. The van der Waals surface area contributed by atoms with Gasteiger partial charge >= 0.3 is 0 Å². The summed E-state index contributed by atoms with van der Waals surface area (Å²) in [5.41, 5.74) is 0. The Bertz CT molecular complexity index is 213. The molecule has 0 aromatic rings. The maximum absolute atomic E-state index is 9.35. The van der Waals surface area contributed by atoms with Gasteiger partial charge in [-0.05, 0) is 26.4 Å². The van der Waals surface area contributed by atoms with E-state index < -0.39 is 0 Å². The zero-order valence-electron chi connectivity index (χ0n) is 10.3. The van der Waals surface area contributed by atoms with E-state index in [0.29, 0.717) is 18.8 Å². The second kappa shape index (κ2) is 5.96. The average molecular weight is 228 g/mol. The smallest absolute Gasteiger partial charge is 0.0829 e. The topological polar surface area (TPSA) is 35.9 Å². The number of aliphatic hydroxyl groups is 1. The Morgan fingerprint density at radius 3 is 2.94 bits per heavy atom. The lowest BCUT2D eigenvalue weighted by atomic mass is 10.0. The molecule has 2 atom stereocenters. The van der Waals surface area contributed by atoms with E-state index in [4.69, 9.17) is 4.74 Å². The highest BCUT2D eigenvalue weighted by atomic mass is 16.5. The SMILES string of the molecule is CN1CCOC(CN2CCCCC2CO)C1. The van der Waals surface area contributed by atoms with E-state index >= 15 is 0 Å². The van der Waals surface area contributed by atoms with Crippen LogP contribution in [-0.2, 0) is 4.74 Å². The number of rotatable bonds is 3. The summed E-state index contributed by atoms with van der Waals surface area (Å²) < 4.78 is 5.78. The molecule has 2 aliphatic rings. The third kappa shape index (κ3) is 3.17. The first-order valence-electron chi connectivity index (χ1n) is 6.44. The van der Waals surface area contributed by atoms with Gasteiger partial charge in [-0.25, -0.2) is 0 Å². The first-order chi connectivity index (χ1) is 7.79. The molecule has 0 amide bonds. The number of morpholine rings is 1. The van der Waals surface area contributed by atoms with Crippen molar-refractivity contribution in [2.45, 2.75) is 31.4 Å². The normalized spacial score (nSPS) is 34.1. The molecular weight excluding hydrogens is 204 g/mol.